The van der Waals surface area contributed by atoms with E-state index in [1.807, 2.05) is 0 Å². The van der Waals surface area contributed by atoms with Gasteiger partial charge in [0.15, 0.2) is 0 Å². The monoisotopic (exact) mass is 287 g/mol. The van der Waals surface area contributed by atoms with Crippen LogP contribution in [0.25, 0.3) is 0 Å². The standard InChI is InChI=1S/C20H33N/c1-2-3-5-16-20(19-14-6-4-7-15-19)21-17-10-13-18-11-8-9-12-18/h4,6-7,14-15,18,20-21H,2-3,5,8-13,16-17H2,1H3. The molecular formula is C20H33N. The molecule has 0 spiro atoms. The number of hydrogen-bond acceptors (Lipinski definition) is 1. The number of hydrogen-bond donors (Lipinski definition) is 1. The van der Waals surface area contributed by atoms with E-state index in [1.165, 1.54) is 76.3 Å². The maximum Gasteiger partial charge on any atom is 0.0320 e. The Bertz CT molecular complexity index is 353. The molecule has 2 rings (SSSR count). The van der Waals surface area contributed by atoms with E-state index in [2.05, 4.69) is 42.6 Å². The van der Waals surface area contributed by atoms with Gasteiger partial charge in [-0.1, -0.05) is 82.2 Å². The Morgan fingerprint density at radius 2 is 1.81 bits per heavy atom. The molecule has 0 aliphatic heterocycles. The predicted octanol–water partition coefficient (Wildman–Crippen LogP) is 5.87. The summed E-state index contributed by atoms with van der Waals surface area (Å²) in [6, 6.07) is 11.6. The second kappa shape index (κ2) is 10.00. The van der Waals surface area contributed by atoms with Gasteiger partial charge in [-0.15, -0.1) is 0 Å². The molecule has 1 N–H and O–H groups in total. The summed E-state index contributed by atoms with van der Waals surface area (Å²) in [4.78, 5) is 0. The van der Waals surface area contributed by atoms with E-state index in [1.54, 1.807) is 0 Å². The van der Waals surface area contributed by atoms with Crippen molar-refractivity contribution < 1.29 is 0 Å². The smallest absolute Gasteiger partial charge is 0.0320 e. The lowest BCUT2D eigenvalue weighted by molar-refractivity contribution is 0.430. The maximum absolute atomic E-state index is 3.82. The molecule has 1 aliphatic rings. The molecule has 1 fully saturated rings. The molecule has 21 heavy (non-hydrogen) atoms. The van der Waals surface area contributed by atoms with E-state index in [0.717, 1.165) is 5.92 Å². The van der Waals surface area contributed by atoms with E-state index in [4.69, 9.17) is 0 Å². The van der Waals surface area contributed by atoms with Crippen molar-refractivity contribution in [3.63, 3.8) is 0 Å². The highest BCUT2D eigenvalue weighted by Gasteiger charge is 2.15. The van der Waals surface area contributed by atoms with E-state index < -0.39 is 0 Å². The van der Waals surface area contributed by atoms with Crippen LogP contribution in [-0.2, 0) is 0 Å². The first-order valence-corrected chi connectivity index (χ1v) is 9.18. The lowest BCUT2D eigenvalue weighted by Crippen LogP contribution is -2.23. The Hall–Kier alpha value is -0.820. The van der Waals surface area contributed by atoms with Crippen LogP contribution in [0.1, 0.15) is 82.7 Å². The summed E-state index contributed by atoms with van der Waals surface area (Å²) in [5.41, 5.74) is 1.47. The number of nitrogens with one attached hydrogen (secondary N) is 1. The number of rotatable bonds is 10. The highest BCUT2D eigenvalue weighted by Crippen LogP contribution is 2.28. The summed E-state index contributed by atoms with van der Waals surface area (Å²) in [6.07, 6.45) is 14.0. The second-order valence-corrected chi connectivity index (χ2v) is 6.71. The maximum atomic E-state index is 3.82. The van der Waals surface area contributed by atoms with E-state index in [-0.39, 0.29) is 0 Å². The minimum atomic E-state index is 0.557. The van der Waals surface area contributed by atoms with Crippen molar-refractivity contribution in [1.29, 1.82) is 0 Å². The van der Waals surface area contributed by atoms with Crippen molar-refractivity contribution >= 4 is 0 Å². The van der Waals surface area contributed by atoms with Crippen LogP contribution >= 0.6 is 0 Å². The number of benzene rings is 1. The van der Waals surface area contributed by atoms with Gasteiger partial charge in [-0.3, -0.25) is 0 Å². The van der Waals surface area contributed by atoms with Crippen LogP contribution in [0, 0.1) is 5.92 Å². The van der Waals surface area contributed by atoms with E-state index >= 15 is 0 Å². The van der Waals surface area contributed by atoms with Crippen molar-refractivity contribution in [2.75, 3.05) is 6.54 Å². The molecule has 1 aromatic rings. The molecule has 1 heteroatoms. The van der Waals surface area contributed by atoms with Gasteiger partial charge < -0.3 is 5.32 Å². The van der Waals surface area contributed by atoms with Crippen molar-refractivity contribution in [1.82, 2.24) is 5.32 Å². The molecule has 1 aliphatic carbocycles. The van der Waals surface area contributed by atoms with Crippen LogP contribution in [-0.4, -0.2) is 6.54 Å². The number of unbranched alkanes of at least 4 members (excludes halogenated alkanes) is 2. The van der Waals surface area contributed by atoms with Gasteiger partial charge in [0.2, 0.25) is 0 Å². The molecule has 1 saturated carbocycles. The summed E-state index contributed by atoms with van der Waals surface area (Å²) >= 11 is 0. The topological polar surface area (TPSA) is 12.0 Å². The van der Waals surface area contributed by atoms with Gasteiger partial charge in [0.25, 0.3) is 0 Å². The summed E-state index contributed by atoms with van der Waals surface area (Å²) in [5, 5.41) is 3.82. The van der Waals surface area contributed by atoms with Gasteiger partial charge in [-0.2, -0.15) is 0 Å². The fourth-order valence-electron chi connectivity index (χ4n) is 3.64. The largest absolute Gasteiger partial charge is 0.310 e. The molecule has 1 aromatic carbocycles. The van der Waals surface area contributed by atoms with Crippen LogP contribution in [0.4, 0.5) is 0 Å². The Kier molecular flexibility index (Phi) is 7.88. The van der Waals surface area contributed by atoms with Crippen LogP contribution in [0.5, 0.6) is 0 Å². The SMILES string of the molecule is CCCCCC(NCCCC1CCCC1)c1ccccc1. The fraction of sp³-hybridized carbons (Fsp3) is 0.700. The molecule has 0 amide bonds. The average Bonchev–Trinajstić information content (AvgIpc) is 3.04. The third-order valence-electron chi connectivity index (χ3n) is 4.95. The predicted molar refractivity (Wildman–Crippen MR) is 92.5 cm³/mol. The Balaban J connectivity index is 1.72. The van der Waals surface area contributed by atoms with Gasteiger partial charge in [-0.25, -0.2) is 0 Å². The third kappa shape index (κ3) is 6.22. The molecule has 0 aromatic heterocycles. The summed E-state index contributed by atoms with van der Waals surface area (Å²) < 4.78 is 0. The van der Waals surface area contributed by atoms with Gasteiger partial charge in [0.1, 0.15) is 0 Å². The van der Waals surface area contributed by atoms with Crippen LogP contribution < -0.4 is 5.32 Å². The fourth-order valence-corrected chi connectivity index (χ4v) is 3.64. The van der Waals surface area contributed by atoms with Gasteiger partial charge in [-0.05, 0) is 37.3 Å². The van der Waals surface area contributed by atoms with E-state index in [9.17, 15) is 0 Å². The Morgan fingerprint density at radius 3 is 2.52 bits per heavy atom. The lowest BCUT2D eigenvalue weighted by Gasteiger charge is -2.20. The van der Waals surface area contributed by atoms with Crippen LogP contribution in [0.15, 0.2) is 30.3 Å². The lowest BCUT2D eigenvalue weighted by atomic mass is 9.99. The zero-order valence-electron chi connectivity index (χ0n) is 13.8. The third-order valence-corrected chi connectivity index (χ3v) is 4.95. The molecule has 1 atom stereocenters. The van der Waals surface area contributed by atoms with Crippen molar-refractivity contribution in [3.05, 3.63) is 35.9 Å². The van der Waals surface area contributed by atoms with Gasteiger partial charge in [0.05, 0.1) is 0 Å². The molecule has 0 bridgehead atoms. The first-order chi connectivity index (χ1) is 10.4. The van der Waals surface area contributed by atoms with E-state index in [0.29, 0.717) is 6.04 Å². The van der Waals surface area contributed by atoms with Gasteiger partial charge in [0, 0.05) is 6.04 Å². The normalized spacial score (nSPS) is 17.2. The minimum absolute atomic E-state index is 0.557. The summed E-state index contributed by atoms with van der Waals surface area (Å²) in [6.45, 7) is 3.47. The highest BCUT2D eigenvalue weighted by molar-refractivity contribution is 5.18. The van der Waals surface area contributed by atoms with Crippen LogP contribution in [0.3, 0.4) is 0 Å². The van der Waals surface area contributed by atoms with Crippen LogP contribution in [0.2, 0.25) is 0 Å². The van der Waals surface area contributed by atoms with Crippen molar-refractivity contribution in [2.24, 2.45) is 5.92 Å². The highest BCUT2D eigenvalue weighted by atomic mass is 14.9. The molecule has 118 valence electrons. The Morgan fingerprint density at radius 1 is 1.05 bits per heavy atom. The molecule has 1 nitrogen and oxygen atoms in total. The Labute approximate surface area is 131 Å². The molecular weight excluding hydrogens is 254 g/mol. The molecule has 0 saturated heterocycles. The zero-order valence-corrected chi connectivity index (χ0v) is 13.8. The van der Waals surface area contributed by atoms with Crippen molar-refractivity contribution in [2.45, 2.75) is 77.2 Å². The molecule has 1 unspecified atom stereocenters. The van der Waals surface area contributed by atoms with Gasteiger partial charge >= 0.3 is 0 Å². The molecule has 0 radical (unpaired) electrons. The minimum Gasteiger partial charge on any atom is -0.310 e. The average molecular weight is 287 g/mol. The summed E-state index contributed by atoms with van der Waals surface area (Å²) in [5.74, 6) is 1.03. The zero-order chi connectivity index (χ0) is 14.8. The quantitative estimate of drug-likeness (QED) is 0.531. The second-order valence-electron chi connectivity index (χ2n) is 6.71. The molecule has 0 heterocycles. The summed E-state index contributed by atoms with van der Waals surface area (Å²) in [7, 11) is 0. The first kappa shape index (κ1) is 16.5. The first-order valence-electron chi connectivity index (χ1n) is 9.18. The van der Waals surface area contributed by atoms with Crippen molar-refractivity contribution in [3.8, 4) is 0 Å².